The number of esters is 1. The van der Waals surface area contributed by atoms with Gasteiger partial charge in [-0.3, -0.25) is 4.90 Å². The maximum absolute atomic E-state index is 12.5. The van der Waals surface area contributed by atoms with Crippen LogP contribution >= 0.6 is 0 Å². The van der Waals surface area contributed by atoms with E-state index in [-0.39, 0.29) is 17.8 Å². The van der Waals surface area contributed by atoms with Crippen LogP contribution in [0.5, 0.6) is 5.75 Å². The predicted octanol–water partition coefficient (Wildman–Crippen LogP) is 3.80. The van der Waals surface area contributed by atoms with Gasteiger partial charge in [0.05, 0.1) is 12.2 Å². The Labute approximate surface area is 201 Å². The number of nitrogens with one attached hydrogen (secondary N) is 1. The first kappa shape index (κ1) is 24.6. The Morgan fingerprint density at radius 1 is 0.971 bits per heavy atom. The van der Waals surface area contributed by atoms with Gasteiger partial charge >= 0.3 is 18.4 Å². The van der Waals surface area contributed by atoms with E-state index in [4.69, 9.17) is 4.74 Å². The van der Waals surface area contributed by atoms with Gasteiger partial charge in [0.1, 0.15) is 5.75 Å². The number of hydrogen-bond acceptors (Lipinski definition) is 6. The van der Waals surface area contributed by atoms with Crippen LogP contribution in [-0.2, 0) is 4.74 Å². The SMILES string of the molecule is CCOC(=O)c1ccc(NC(=O)N2CC(N3CCN(c4ccc(OC(F)(F)F)cc4)CC3)C2)cc1. The first-order valence-corrected chi connectivity index (χ1v) is 11.4. The number of piperazine rings is 1. The van der Waals surface area contributed by atoms with Crippen LogP contribution in [0.1, 0.15) is 17.3 Å². The number of halogens is 3. The van der Waals surface area contributed by atoms with E-state index in [1.807, 2.05) is 0 Å². The molecule has 4 rings (SSSR count). The average molecular weight is 492 g/mol. The number of benzene rings is 2. The number of rotatable bonds is 6. The third-order valence-corrected chi connectivity index (χ3v) is 6.06. The lowest BCUT2D eigenvalue weighted by Crippen LogP contribution is -2.64. The quantitative estimate of drug-likeness (QED) is 0.619. The maximum atomic E-state index is 12.5. The standard InChI is InChI=1S/C24H27F3N4O4/c1-2-34-22(32)17-3-5-18(6-4-17)28-23(33)31-15-20(16-31)30-13-11-29(12-14-30)19-7-9-21(10-8-19)35-24(25,26)27/h3-10,20H,2,11-16H2,1H3,(H,28,33). The molecule has 0 spiro atoms. The second kappa shape index (κ2) is 10.4. The highest BCUT2D eigenvalue weighted by Gasteiger charge is 2.36. The summed E-state index contributed by atoms with van der Waals surface area (Å²) in [6, 6.07) is 12.6. The molecule has 8 nitrogen and oxygen atoms in total. The van der Waals surface area contributed by atoms with E-state index in [0.717, 1.165) is 31.9 Å². The summed E-state index contributed by atoms with van der Waals surface area (Å²) in [6.07, 6.45) is -4.70. The van der Waals surface area contributed by atoms with Crippen molar-refractivity contribution in [1.29, 1.82) is 0 Å². The molecule has 0 aliphatic carbocycles. The van der Waals surface area contributed by atoms with Crippen molar-refractivity contribution in [3.8, 4) is 5.75 Å². The molecule has 35 heavy (non-hydrogen) atoms. The maximum Gasteiger partial charge on any atom is 0.573 e. The molecule has 0 radical (unpaired) electrons. The van der Waals surface area contributed by atoms with E-state index >= 15 is 0 Å². The highest BCUT2D eigenvalue weighted by atomic mass is 19.4. The van der Waals surface area contributed by atoms with Gasteiger partial charge in [0, 0.05) is 56.7 Å². The Hall–Kier alpha value is -3.47. The van der Waals surface area contributed by atoms with Gasteiger partial charge in [-0.05, 0) is 55.5 Å². The number of anilines is 2. The van der Waals surface area contributed by atoms with Gasteiger partial charge in [-0.1, -0.05) is 0 Å². The zero-order valence-electron chi connectivity index (χ0n) is 19.3. The minimum atomic E-state index is -4.70. The number of nitrogens with zero attached hydrogens (tertiary/aromatic N) is 3. The fraction of sp³-hybridized carbons (Fsp3) is 0.417. The number of hydrogen-bond donors (Lipinski definition) is 1. The van der Waals surface area contributed by atoms with Crippen molar-refractivity contribution < 1.29 is 32.2 Å². The Bertz CT molecular complexity index is 1020. The fourth-order valence-corrected chi connectivity index (χ4v) is 4.16. The van der Waals surface area contributed by atoms with Gasteiger partial charge in [0.15, 0.2) is 0 Å². The monoisotopic (exact) mass is 492 g/mol. The third-order valence-electron chi connectivity index (χ3n) is 6.06. The third kappa shape index (κ3) is 6.36. The molecule has 2 aliphatic rings. The largest absolute Gasteiger partial charge is 0.573 e. The zero-order chi connectivity index (χ0) is 25.0. The molecule has 2 aromatic rings. The van der Waals surface area contributed by atoms with Gasteiger partial charge in [0.2, 0.25) is 0 Å². The number of amides is 2. The fourth-order valence-electron chi connectivity index (χ4n) is 4.16. The van der Waals surface area contributed by atoms with E-state index in [9.17, 15) is 22.8 Å². The van der Waals surface area contributed by atoms with Crippen LogP contribution in [0.15, 0.2) is 48.5 Å². The Morgan fingerprint density at radius 2 is 1.60 bits per heavy atom. The second-order valence-electron chi connectivity index (χ2n) is 8.35. The van der Waals surface area contributed by atoms with E-state index < -0.39 is 12.3 Å². The number of carbonyl (C=O) groups excluding carboxylic acids is 2. The van der Waals surface area contributed by atoms with Crippen molar-refractivity contribution in [2.75, 3.05) is 56.1 Å². The molecular weight excluding hydrogens is 465 g/mol. The summed E-state index contributed by atoms with van der Waals surface area (Å²) in [7, 11) is 0. The van der Waals surface area contributed by atoms with Crippen molar-refractivity contribution in [1.82, 2.24) is 9.80 Å². The molecule has 2 aliphatic heterocycles. The van der Waals surface area contributed by atoms with Crippen molar-refractivity contribution in [3.05, 3.63) is 54.1 Å². The van der Waals surface area contributed by atoms with Crippen molar-refractivity contribution >= 4 is 23.4 Å². The van der Waals surface area contributed by atoms with Crippen molar-refractivity contribution in [3.63, 3.8) is 0 Å². The highest BCUT2D eigenvalue weighted by molar-refractivity contribution is 5.92. The van der Waals surface area contributed by atoms with Crippen LogP contribution < -0.4 is 15.0 Å². The van der Waals surface area contributed by atoms with Crippen LogP contribution in [0.2, 0.25) is 0 Å². The molecule has 1 N–H and O–H groups in total. The molecule has 0 aromatic heterocycles. The summed E-state index contributed by atoms with van der Waals surface area (Å²) in [5.74, 6) is -0.633. The Kier molecular flexibility index (Phi) is 7.34. The summed E-state index contributed by atoms with van der Waals surface area (Å²) in [5, 5.41) is 2.84. The molecule has 2 fully saturated rings. The summed E-state index contributed by atoms with van der Waals surface area (Å²) < 4.78 is 45.8. The molecule has 2 saturated heterocycles. The second-order valence-corrected chi connectivity index (χ2v) is 8.35. The molecule has 2 heterocycles. The minimum absolute atomic E-state index is 0.190. The van der Waals surface area contributed by atoms with Crippen LogP contribution in [-0.4, -0.2) is 80.1 Å². The van der Waals surface area contributed by atoms with E-state index in [2.05, 4.69) is 19.9 Å². The number of likely N-dealkylation sites (tertiary alicyclic amines) is 1. The molecule has 0 unspecified atom stereocenters. The molecule has 2 amide bonds. The summed E-state index contributed by atoms with van der Waals surface area (Å²) in [5.41, 5.74) is 1.88. The smallest absolute Gasteiger partial charge is 0.462 e. The zero-order valence-corrected chi connectivity index (χ0v) is 19.3. The van der Waals surface area contributed by atoms with Crippen LogP contribution in [0.25, 0.3) is 0 Å². The molecule has 0 atom stereocenters. The lowest BCUT2D eigenvalue weighted by molar-refractivity contribution is -0.274. The number of ether oxygens (including phenoxy) is 2. The van der Waals surface area contributed by atoms with Crippen LogP contribution in [0.3, 0.4) is 0 Å². The van der Waals surface area contributed by atoms with E-state index in [1.165, 1.54) is 12.1 Å². The summed E-state index contributed by atoms with van der Waals surface area (Å²) >= 11 is 0. The van der Waals surface area contributed by atoms with Crippen molar-refractivity contribution in [2.24, 2.45) is 0 Å². The van der Waals surface area contributed by atoms with Crippen molar-refractivity contribution in [2.45, 2.75) is 19.3 Å². The molecule has 188 valence electrons. The van der Waals surface area contributed by atoms with Gasteiger partial charge in [0.25, 0.3) is 0 Å². The lowest BCUT2D eigenvalue weighted by Gasteiger charge is -2.48. The molecule has 0 saturated carbocycles. The predicted molar refractivity (Wildman–Crippen MR) is 124 cm³/mol. The van der Waals surface area contributed by atoms with Gasteiger partial charge in [-0.15, -0.1) is 13.2 Å². The van der Waals surface area contributed by atoms with Crippen LogP contribution in [0, 0.1) is 0 Å². The highest BCUT2D eigenvalue weighted by Crippen LogP contribution is 2.27. The van der Waals surface area contributed by atoms with Gasteiger partial charge < -0.3 is 24.6 Å². The molecular formula is C24H27F3N4O4. The van der Waals surface area contributed by atoms with Crippen LogP contribution in [0.4, 0.5) is 29.3 Å². The summed E-state index contributed by atoms with van der Waals surface area (Å²) in [4.78, 5) is 30.4. The topological polar surface area (TPSA) is 74.4 Å². The average Bonchev–Trinajstić information content (AvgIpc) is 2.79. The van der Waals surface area contributed by atoms with E-state index in [0.29, 0.717) is 30.9 Å². The van der Waals surface area contributed by atoms with Gasteiger partial charge in [-0.2, -0.15) is 0 Å². The Morgan fingerprint density at radius 3 is 2.17 bits per heavy atom. The normalized spacial score (nSPS) is 17.0. The first-order valence-electron chi connectivity index (χ1n) is 11.4. The number of urea groups is 1. The number of alkyl halides is 3. The first-order chi connectivity index (χ1) is 16.7. The number of carbonyl (C=O) groups is 2. The Balaban J connectivity index is 1.19. The molecule has 0 bridgehead atoms. The molecule has 11 heteroatoms. The van der Waals surface area contributed by atoms with E-state index in [1.54, 1.807) is 48.2 Å². The molecule has 2 aromatic carbocycles. The summed E-state index contributed by atoms with van der Waals surface area (Å²) in [6.45, 7) is 6.38. The minimum Gasteiger partial charge on any atom is -0.462 e. The van der Waals surface area contributed by atoms with Gasteiger partial charge in [-0.25, -0.2) is 9.59 Å². The lowest BCUT2D eigenvalue weighted by atomic mass is 10.1.